The van der Waals surface area contributed by atoms with Gasteiger partial charge in [-0.05, 0) is 38.8 Å². The van der Waals surface area contributed by atoms with Gasteiger partial charge in [0, 0.05) is 30.7 Å². The molecule has 2 aromatic rings. The molecule has 8 N–H and O–H groups in total. The summed E-state index contributed by atoms with van der Waals surface area (Å²) < 4.78 is 0. The Balaban J connectivity index is -0.0000000232. The van der Waals surface area contributed by atoms with Crippen molar-refractivity contribution >= 4 is 40.1 Å². The van der Waals surface area contributed by atoms with E-state index >= 15 is 0 Å². The highest BCUT2D eigenvalue weighted by atomic mass is 16.4. The molecule has 0 aliphatic heterocycles. The highest BCUT2D eigenvalue weighted by Crippen LogP contribution is 2.19. The first kappa shape index (κ1) is 76.5. The summed E-state index contributed by atoms with van der Waals surface area (Å²) in [7, 11) is 0. The van der Waals surface area contributed by atoms with Crippen molar-refractivity contribution in [2.75, 3.05) is 0 Å². The smallest absolute Gasteiger partial charge is 0.300 e. The van der Waals surface area contributed by atoms with E-state index in [2.05, 4.69) is 9.69 Å². The first-order chi connectivity index (χ1) is 12.9. The molecule has 8 nitrogen and oxygen atoms in total. The minimum absolute atomic E-state index is 0. The molecule has 0 aliphatic carbocycles. The van der Waals surface area contributed by atoms with Gasteiger partial charge in [0.25, 0.3) is 11.9 Å². The van der Waals surface area contributed by atoms with Gasteiger partial charge in [0.1, 0.15) is 0 Å². The molecule has 10 heteroatoms. The Hall–Kier alpha value is -3.59. The fourth-order valence-corrected chi connectivity index (χ4v) is 1.68. The van der Waals surface area contributed by atoms with E-state index in [1.54, 1.807) is 0 Å². The molecule has 0 spiro atoms. The average Bonchev–Trinajstić information content (AvgIpc) is 2.58. The summed E-state index contributed by atoms with van der Waals surface area (Å²) in [6.45, 7) is 23.7. The Bertz CT molecular complexity index is 814. The molecule has 0 saturated heterocycles. The van der Waals surface area contributed by atoms with Crippen LogP contribution in [-0.4, -0.2) is 39.0 Å². The summed E-state index contributed by atoms with van der Waals surface area (Å²) in [4.78, 5) is 24.8. The number of benzene rings is 2. The second-order valence-corrected chi connectivity index (χ2v) is 5.84. The molecule has 0 saturated carbocycles. The number of carboxylic acids is 2. The van der Waals surface area contributed by atoms with Gasteiger partial charge >= 0.3 is 0 Å². The van der Waals surface area contributed by atoms with Gasteiger partial charge in [-0.25, -0.2) is 9.69 Å². The Morgan fingerprint density at radius 2 is 0.789 bits per heavy atom. The lowest BCUT2D eigenvalue weighted by atomic mass is 10.1. The molecular formula is C28H56B2N4O4. The van der Waals surface area contributed by atoms with Gasteiger partial charge in [0.05, 0.1) is 13.1 Å². The van der Waals surface area contributed by atoms with Gasteiger partial charge < -0.3 is 22.5 Å². The Morgan fingerprint density at radius 1 is 0.605 bits per heavy atom. The molecule has 2 aromatic carbocycles. The van der Waals surface area contributed by atoms with Crippen molar-refractivity contribution in [2.24, 2.45) is 0 Å². The molecule has 38 heavy (non-hydrogen) atoms. The zero-order valence-corrected chi connectivity index (χ0v) is 19.6. The Labute approximate surface area is 239 Å². The number of nitrogens with zero attached hydrogens (tertiary/aromatic N) is 2. The van der Waals surface area contributed by atoms with Crippen LogP contribution in [0, 0.1) is 40.8 Å². The lowest BCUT2D eigenvalue weighted by Crippen LogP contribution is -1.78. The van der Waals surface area contributed by atoms with E-state index in [0.29, 0.717) is 0 Å². The SMILES string of the molecule is C.C.C.C.C.C.CC(=O)O.CC(=O)O.N.N.[B].[B].[C-]#[N+]c1cc(C)ccc1C.[C-]#[N+]c1cc(C)ccc1C. The molecule has 0 fully saturated rings. The van der Waals surface area contributed by atoms with Crippen molar-refractivity contribution in [3.05, 3.63) is 81.5 Å². The largest absolute Gasteiger partial charge is 0.481 e. The predicted octanol–water partition coefficient (Wildman–Crippen LogP) is 9.27. The highest BCUT2D eigenvalue weighted by Gasteiger charge is 1.95. The van der Waals surface area contributed by atoms with Crippen LogP contribution in [0.15, 0.2) is 36.4 Å². The van der Waals surface area contributed by atoms with Crippen LogP contribution in [0.5, 0.6) is 0 Å². The fraction of sp³-hybridized carbons (Fsp3) is 0.429. The van der Waals surface area contributed by atoms with Crippen LogP contribution in [0.2, 0.25) is 0 Å². The van der Waals surface area contributed by atoms with Gasteiger partial charge in [-0.3, -0.25) is 9.59 Å². The van der Waals surface area contributed by atoms with E-state index in [0.717, 1.165) is 47.5 Å². The van der Waals surface area contributed by atoms with Crippen molar-refractivity contribution in [2.45, 2.75) is 86.1 Å². The molecule has 0 amide bonds. The second kappa shape index (κ2) is 43.5. The summed E-state index contributed by atoms with van der Waals surface area (Å²) in [5.74, 6) is -1.67. The van der Waals surface area contributed by atoms with Crippen molar-refractivity contribution in [1.82, 2.24) is 12.3 Å². The minimum Gasteiger partial charge on any atom is -0.481 e. The van der Waals surface area contributed by atoms with Gasteiger partial charge in [0.15, 0.2) is 11.4 Å². The molecule has 0 aromatic heterocycles. The number of carboxylic acid groups (broad SMARTS) is 2. The molecule has 0 atom stereocenters. The number of rotatable bonds is 0. The first-order valence-corrected chi connectivity index (χ1v) is 8.23. The van der Waals surface area contributed by atoms with Crippen LogP contribution in [-0.2, 0) is 9.59 Å². The van der Waals surface area contributed by atoms with Crippen LogP contribution in [0.1, 0.15) is 80.7 Å². The monoisotopic (exact) mass is 534 g/mol. The van der Waals surface area contributed by atoms with E-state index < -0.39 is 11.9 Å². The van der Waals surface area contributed by atoms with Crippen molar-refractivity contribution < 1.29 is 19.8 Å². The number of hydrogen-bond acceptors (Lipinski definition) is 4. The molecule has 218 valence electrons. The number of aliphatic carboxylic acids is 2. The quantitative estimate of drug-likeness (QED) is 0.195. The number of hydrogen-bond donors (Lipinski definition) is 4. The molecular weight excluding hydrogens is 478 g/mol. The summed E-state index contributed by atoms with van der Waals surface area (Å²) in [5.41, 5.74) is 5.94. The van der Waals surface area contributed by atoms with Crippen molar-refractivity contribution in [1.29, 1.82) is 0 Å². The zero-order valence-electron chi connectivity index (χ0n) is 19.6. The highest BCUT2D eigenvalue weighted by molar-refractivity contribution is 5.76. The minimum atomic E-state index is -0.833. The van der Waals surface area contributed by atoms with Crippen LogP contribution in [0.3, 0.4) is 0 Å². The maximum absolute atomic E-state index is 9.00. The second-order valence-electron chi connectivity index (χ2n) is 5.84. The Morgan fingerprint density at radius 3 is 0.921 bits per heavy atom. The number of aryl methyl sites for hydroxylation is 4. The number of carbonyl (C=O) groups is 2. The third-order valence-corrected chi connectivity index (χ3v) is 2.97. The van der Waals surface area contributed by atoms with Crippen LogP contribution in [0.25, 0.3) is 9.69 Å². The summed E-state index contributed by atoms with van der Waals surface area (Å²) in [6.07, 6.45) is 0. The van der Waals surface area contributed by atoms with Crippen molar-refractivity contribution in [3.63, 3.8) is 0 Å². The van der Waals surface area contributed by atoms with Gasteiger partial charge in [-0.15, -0.1) is 0 Å². The average molecular weight is 534 g/mol. The van der Waals surface area contributed by atoms with E-state index in [9.17, 15) is 0 Å². The van der Waals surface area contributed by atoms with Crippen molar-refractivity contribution in [3.8, 4) is 0 Å². The molecule has 0 unspecified atom stereocenters. The van der Waals surface area contributed by atoms with Gasteiger partial charge in [-0.2, -0.15) is 0 Å². The van der Waals surface area contributed by atoms with Crippen LogP contribution >= 0.6 is 0 Å². The molecule has 0 aliphatic rings. The van der Waals surface area contributed by atoms with E-state index in [1.165, 1.54) is 0 Å². The maximum Gasteiger partial charge on any atom is 0.300 e. The van der Waals surface area contributed by atoms with Crippen LogP contribution in [0.4, 0.5) is 11.4 Å². The van der Waals surface area contributed by atoms with E-state index in [1.807, 2.05) is 64.1 Å². The third-order valence-electron chi connectivity index (χ3n) is 2.97. The summed E-state index contributed by atoms with van der Waals surface area (Å²) in [6, 6.07) is 11.8. The third kappa shape index (κ3) is 45.8. The van der Waals surface area contributed by atoms with Crippen LogP contribution < -0.4 is 12.3 Å². The molecule has 0 bridgehead atoms. The molecule has 2 rings (SSSR count). The van der Waals surface area contributed by atoms with Gasteiger partial charge in [-0.1, -0.05) is 92.1 Å². The van der Waals surface area contributed by atoms with E-state index in [4.69, 9.17) is 32.9 Å². The normalized spacial score (nSPS) is 6.00. The lowest BCUT2D eigenvalue weighted by molar-refractivity contribution is -0.135. The Kier molecular flexibility index (Phi) is 87.5. The maximum atomic E-state index is 9.00. The van der Waals surface area contributed by atoms with E-state index in [-0.39, 0.29) is 73.7 Å². The van der Waals surface area contributed by atoms with Gasteiger partial charge in [0.2, 0.25) is 0 Å². The zero-order chi connectivity index (χ0) is 22.3. The summed E-state index contributed by atoms with van der Waals surface area (Å²) in [5, 5.41) is 14.8. The molecule has 6 radical (unpaired) electrons. The predicted molar refractivity (Wildman–Crippen MR) is 173 cm³/mol. The standard InChI is InChI=1S/2C9H9N.2C2H4O2.6CH4.2B.2H3N/c2*1-7-4-5-8(2)9(6-7)10-3;2*1-2(3)4;;;;;;;;;;/h2*4-6H,1-2H3;2*1H3,(H,3,4);6*1H4;;;2*1H3. The lowest BCUT2D eigenvalue weighted by Gasteiger charge is -1.96. The topological polar surface area (TPSA) is 153 Å². The molecule has 0 heterocycles. The first-order valence-electron chi connectivity index (χ1n) is 8.23. The fourth-order valence-electron chi connectivity index (χ4n) is 1.68. The summed E-state index contributed by atoms with van der Waals surface area (Å²) >= 11 is 0.